The van der Waals surface area contributed by atoms with Crippen LogP contribution >= 0.6 is 0 Å². The predicted molar refractivity (Wildman–Crippen MR) is 93.6 cm³/mol. The van der Waals surface area contributed by atoms with E-state index in [0.717, 1.165) is 5.56 Å². The fourth-order valence-electron chi connectivity index (χ4n) is 1.53. The summed E-state index contributed by atoms with van der Waals surface area (Å²) in [5.41, 5.74) is 1.32. The maximum absolute atomic E-state index is 11.3. The summed E-state index contributed by atoms with van der Waals surface area (Å²) >= 11 is 0. The SMILES string of the molecule is CC.CN(C)C(=O)c1ccccc1.COC(=O)c1ccccc1. The molecule has 0 fully saturated rings. The van der Waals surface area contributed by atoms with E-state index in [0.29, 0.717) is 5.56 Å². The van der Waals surface area contributed by atoms with Crippen molar-refractivity contribution in [2.75, 3.05) is 21.2 Å². The molecular weight excluding hydrogens is 290 g/mol. The quantitative estimate of drug-likeness (QED) is 0.790. The zero-order valence-electron chi connectivity index (χ0n) is 14.4. The van der Waals surface area contributed by atoms with Crippen molar-refractivity contribution < 1.29 is 14.3 Å². The van der Waals surface area contributed by atoms with Crippen LogP contribution in [-0.2, 0) is 4.74 Å². The van der Waals surface area contributed by atoms with Gasteiger partial charge in [0.1, 0.15) is 0 Å². The predicted octanol–water partition coefficient (Wildman–Crippen LogP) is 3.89. The molecule has 0 unspecified atom stereocenters. The molecule has 0 heterocycles. The van der Waals surface area contributed by atoms with Gasteiger partial charge in [0.25, 0.3) is 5.91 Å². The molecule has 0 aliphatic carbocycles. The fourth-order valence-corrected chi connectivity index (χ4v) is 1.53. The Morgan fingerprint density at radius 1 is 0.783 bits per heavy atom. The van der Waals surface area contributed by atoms with Gasteiger partial charge in [-0.2, -0.15) is 0 Å². The Kier molecular flexibility index (Phi) is 10.6. The Morgan fingerprint density at radius 2 is 1.17 bits per heavy atom. The van der Waals surface area contributed by atoms with E-state index in [1.165, 1.54) is 7.11 Å². The Hall–Kier alpha value is -2.62. The van der Waals surface area contributed by atoms with E-state index in [1.54, 1.807) is 43.3 Å². The van der Waals surface area contributed by atoms with Crippen LogP contribution in [0.1, 0.15) is 34.6 Å². The molecule has 4 nitrogen and oxygen atoms in total. The number of carbonyl (C=O) groups excluding carboxylic acids is 2. The van der Waals surface area contributed by atoms with Gasteiger partial charge in [0, 0.05) is 19.7 Å². The number of ether oxygens (including phenoxy) is 1. The standard InChI is InChI=1S/C9H11NO.C8H8O2.C2H6/c1-10(2)9(11)8-6-4-3-5-7-8;1-10-8(9)7-5-3-2-4-6-7;1-2/h3-7H,1-2H3;2-6H,1H3;1-2H3. The molecule has 0 radical (unpaired) electrons. The molecule has 2 rings (SSSR count). The molecule has 23 heavy (non-hydrogen) atoms. The molecule has 0 aliphatic heterocycles. The lowest BCUT2D eigenvalue weighted by molar-refractivity contribution is 0.0600. The molecule has 0 aromatic heterocycles. The average Bonchev–Trinajstić information content (AvgIpc) is 2.64. The number of amides is 1. The van der Waals surface area contributed by atoms with E-state index in [2.05, 4.69) is 4.74 Å². The Morgan fingerprint density at radius 3 is 1.52 bits per heavy atom. The number of benzene rings is 2. The molecule has 0 saturated heterocycles. The summed E-state index contributed by atoms with van der Waals surface area (Å²) in [6.45, 7) is 4.00. The number of esters is 1. The third kappa shape index (κ3) is 7.81. The zero-order chi connectivity index (χ0) is 17.7. The highest BCUT2D eigenvalue weighted by Crippen LogP contribution is 2.00. The van der Waals surface area contributed by atoms with Crippen LogP contribution in [0.4, 0.5) is 0 Å². The Balaban J connectivity index is 0.000000381. The molecule has 1 amide bonds. The first-order valence-corrected chi connectivity index (χ1v) is 7.46. The van der Waals surface area contributed by atoms with Crippen molar-refractivity contribution in [3.05, 3.63) is 71.8 Å². The van der Waals surface area contributed by atoms with Crippen molar-refractivity contribution in [1.82, 2.24) is 4.90 Å². The van der Waals surface area contributed by atoms with Crippen LogP contribution in [0.5, 0.6) is 0 Å². The number of carbonyl (C=O) groups is 2. The Labute approximate surface area is 138 Å². The molecule has 4 heteroatoms. The first-order chi connectivity index (χ1) is 11.1. The van der Waals surface area contributed by atoms with Gasteiger partial charge in [-0.1, -0.05) is 50.2 Å². The van der Waals surface area contributed by atoms with Crippen molar-refractivity contribution in [1.29, 1.82) is 0 Å². The lowest BCUT2D eigenvalue weighted by Crippen LogP contribution is -2.21. The van der Waals surface area contributed by atoms with E-state index in [9.17, 15) is 9.59 Å². The second kappa shape index (κ2) is 12.0. The minimum Gasteiger partial charge on any atom is -0.465 e. The second-order valence-corrected chi connectivity index (χ2v) is 4.42. The Bertz CT molecular complexity index is 566. The highest BCUT2D eigenvalue weighted by atomic mass is 16.5. The summed E-state index contributed by atoms with van der Waals surface area (Å²) in [7, 11) is 4.86. The van der Waals surface area contributed by atoms with Crippen LogP contribution in [0.2, 0.25) is 0 Å². The smallest absolute Gasteiger partial charge is 0.337 e. The van der Waals surface area contributed by atoms with Crippen LogP contribution < -0.4 is 0 Å². The topological polar surface area (TPSA) is 46.6 Å². The number of hydrogen-bond acceptors (Lipinski definition) is 3. The van der Waals surface area contributed by atoms with Gasteiger partial charge in [0.2, 0.25) is 0 Å². The number of nitrogens with zero attached hydrogens (tertiary/aromatic N) is 1. The van der Waals surface area contributed by atoms with Crippen molar-refractivity contribution >= 4 is 11.9 Å². The third-order valence-electron chi connectivity index (χ3n) is 2.62. The molecule has 0 aliphatic rings. The maximum Gasteiger partial charge on any atom is 0.337 e. The first kappa shape index (κ1) is 20.4. The molecular formula is C19H25NO3. The molecule has 2 aromatic rings. The highest BCUT2D eigenvalue weighted by molar-refractivity contribution is 5.93. The van der Waals surface area contributed by atoms with E-state index >= 15 is 0 Å². The minimum atomic E-state index is -0.291. The second-order valence-electron chi connectivity index (χ2n) is 4.42. The van der Waals surface area contributed by atoms with E-state index in [4.69, 9.17) is 0 Å². The monoisotopic (exact) mass is 315 g/mol. The molecule has 124 valence electrons. The summed E-state index contributed by atoms with van der Waals surface area (Å²) in [6.07, 6.45) is 0. The summed E-state index contributed by atoms with van der Waals surface area (Å²) in [5, 5.41) is 0. The van der Waals surface area contributed by atoms with Gasteiger partial charge >= 0.3 is 5.97 Å². The van der Waals surface area contributed by atoms with Gasteiger partial charge in [-0.25, -0.2) is 4.79 Å². The van der Waals surface area contributed by atoms with Crippen molar-refractivity contribution in [3.63, 3.8) is 0 Å². The summed E-state index contributed by atoms with van der Waals surface area (Å²) in [6, 6.07) is 18.1. The molecule has 2 aromatic carbocycles. The minimum absolute atomic E-state index is 0.0469. The average molecular weight is 315 g/mol. The van der Waals surface area contributed by atoms with Gasteiger partial charge in [-0.3, -0.25) is 4.79 Å². The largest absolute Gasteiger partial charge is 0.465 e. The van der Waals surface area contributed by atoms with Gasteiger partial charge in [-0.15, -0.1) is 0 Å². The zero-order valence-corrected chi connectivity index (χ0v) is 14.4. The molecule has 0 atom stereocenters. The van der Waals surface area contributed by atoms with Crippen molar-refractivity contribution in [2.45, 2.75) is 13.8 Å². The molecule has 0 bridgehead atoms. The lowest BCUT2D eigenvalue weighted by Gasteiger charge is -2.08. The third-order valence-corrected chi connectivity index (χ3v) is 2.62. The summed E-state index contributed by atoms with van der Waals surface area (Å²) < 4.78 is 4.50. The lowest BCUT2D eigenvalue weighted by atomic mass is 10.2. The molecule has 0 saturated carbocycles. The first-order valence-electron chi connectivity index (χ1n) is 7.46. The number of hydrogen-bond donors (Lipinski definition) is 0. The van der Waals surface area contributed by atoms with Crippen LogP contribution in [0.3, 0.4) is 0 Å². The summed E-state index contributed by atoms with van der Waals surface area (Å²) in [4.78, 5) is 23.6. The maximum atomic E-state index is 11.3. The normalized spacial score (nSPS) is 8.57. The van der Waals surface area contributed by atoms with Crippen molar-refractivity contribution in [2.24, 2.45) is 0 Å². The van der Waals surface area contributed by atoms with Gasteiger partial charge < -0.3 is 9.64 Å². The summed E-state index contributed by atoms with van der Waals surface area (Å²) in [5.74, 6) is -0.244. The van der Waals surface area contributed by atoms with E-state index in [-0.39, 0.29) is 11.9 Å². The van der Waals surface area contributed by atoms with Crippen molar-refractivity contribution in [3.8, 4) is 0 Å². The van der Waals surface area contributed by atoms with Crippen LogP contribution in [-0.4, -0.2) is 38.0 Å². The van der Waals surface area contributed by atoms with Gasteiger partial charge in [0.05, 0.1) is 12.7 Å². The van der Waals surface area contributed by atoms with Gasteiger partial charge in [0.15, 0.2) is 0 Å². The highest BCUT2D eigenvalue weighted by Gasteiger charge is 2.04. The number of rotatable bonds is 2. The van der Waals surface area contributed by atoms with Crippen LogP contribution in [0.15, 0.2) is 60.7 Å². The van der Waals surface area contributed by atoms with E-state index < -0.39 is 0 Å². The number of methoxy groups -OCH3 is 1. The van der Waals surface area contributed by atoms with Gasteiger partial charge in [-0.05, 0) is 24.3 Å². The molecule has 0 spiro atoms. The van der Waals surface area contributed by atoms with Crippen LogP contribution in [0, 0.1) is 0 Å². The molecule has 0 N–H and O–H groups in total. The van der Waals surface area contributed by atoms with E-state index in [1.807, 2.05) is 50.2 Å². The van der Waals surface area contributed by atoms with Crippen LogP contribution in [0.25, 0.3) is 0 Å². The fraction of sp³-hybridized carbons (Fsp3) is 0.263.